The van der Waals surface area contributed by atoms with Gasteiger partial charge in [-0.1, -0.05) is 65.3 Å². The van der Waals surface area contributed by atoms with Gasteiger partial charge in [0.25, 0.3) is 0 Å². The molecule has 8 atom stereocenters. The minimum Gasteiger partial charge on any atom is -0.508 e. The van der Waals surface area contributed by atoms with Crippen LogP contribution in [0.15, 0.2) is 65.4 Å². The van der Waals surface area contributed by atoms with Crippen molar-refractivity contribution >= 4 is 17.3 Å². The first-order valence-electron chi connectivity index (χ1n) is 18.1. The third-order valence-corrected chi connectivity index (χ3v) is 14.8. The molecule has 46 heavy (non-hydrogen) atoms. The molecule has 0 bridgehead atoms. The molecule has 248 valence electrons. The summed E-state index contributed by atoms with van der Waals surface area (Å²) in [6.45, 7) is 21.1. The molecule has 0 heterocycles. The highest BCUT2D eigenvalue weighted by molar-refractivity contribution is 6.21. The summed E-state index contributed by atoms with van der Waals surface area (Å²) >= 11 is 0. The van der Waals surface area contributed by atoms with Crippen LogP contribution in [0.4, 0.5) is 5.69 Å². The van der Waals surface area contributed by atoms with Gasteiger partial charge in [0, 0.05) is 17.3 Å². The van der Waals surface area contributed by atoms with Crippen molar-refractivity contribution in [3.63, 3.8) is 0 Å². The fourth-order valence-electron chi connectivity index (χ4n) is 11.1. The topological polar surface area (TPSA) is 66.4 Å². The SMILES string of the molecule is C=C1CCC[C@H]2[C@](C)(Cc3cc(NC4=CC(=O)C(C[C@]5(C)[C@@H](C)CC[C@]6(C)C(C)=CCC[C@@H]56)=CC4=O)ccc3O)[C@@H](C)CC[C@]12C. The van der Waals surface area contributed by atoms with Gasteiger partial charge in [-0.15, -0.1) is 0 Å². The molecule has 1 aromatic carbocycles. The molecular formula is C42H57NO3. The summed E-state index contributed by atoms with van der Waals surface area (Å²) in [5.41, 5.74) is 5.75. The molecule has 0 saturated heterocycles. The van der Waals surface area contributed by atoms with Crippen molar-refractivity contribution < 1.29 is 14.7 Å². The van der Waals surface area contributed by atoms with E-state index in [2.05, 4.69) is 66.4 Å². The van der Waals surface area contributed by atoms with Crippen LogP contribution in [-0.4, -0.2) is 16.7 Å². The van der Waals surface area contributed by atoms with Crippen LogP contribution in [0.5, 0.6) is 5.75 Å². The van der Waals surface area contributed by atoms with Crippen LogP contribution in [0.3, 0.4) is 0 Å². The molecule has 3 fully saturated rings. The Labute approximate surface area is 277 Å². The Balaban J connectivity index is 1.20. The first kappa shape index (κ1) is 33.0. The second-order valence-corrected chi connectivity index (χ2v) is 17.1. The van der Waals surface area contributed by atoms with Crippen LogP contribution in [-0.2, 0) is 16.0 Å². The van der Waals surface area contributed by atoms with Gasteiger partial charge in [0.2, 0.25) is 5.78 Å². The number of benzene rings is 1. The van der Waals surface area contributed by atoms with E-state index >= 15 is 0 Å². The van der Waals surface area contributed by atoms with Gasteiger partial charge in [0.05, 0.1) is 5.70 Å². The maximum absolute atomic E-state index is 13.6. The highest BCUT2D eigenvalue weighted by Crippen LogP contribution is 2.63. The fraction of sp³-hybridized carbons (Fsp3) is 0.619. The lowest BCUT2D eigenvalue weighted by Gasteiger charge is -2.59. The molecule has 0 spiro atoms. The van der Waals surface area contributed by atoms with E-state index in [1.54, 1.807) is 18.2 Å². The van der Waals surface area contributed by atoms with Gasteiger partial charge >= 0.3 is 0 Å². The Hall–Kier alpha value is -2.88. The van der Waals surface area contributed by atoms with E-state index in [0.717, 1.165) is 49.8 Å². The number of aromatic hydroxyl groups is 1. The summed E-state index contributed by atoms with van der Waals surface area (Å²) in [5.74, 6) is 2.10. The van der Waals surface area contributed by atoms with Gasteiger partial charge in [0.1, 0.15) is 5.75 Å². The molecule has 0 aliphatic heterocycles. The van der Waals surface area contributed by atoms with E-state index in [-0.39, 0.29) is 39.0 Å². The summed E-state index contributed by atoms with van der Waals surface area (Å²) in [6.07, 6.45) is 17.4. The average molecular weight is 624 g/mol. The molecule has 4 nitrogen and oxygen atoms in total. The summed E-state index contributed by atoms with van der Waals surface area (Å²) < 4.78 is 0. The minimum atomic E-state index is -0.150. The van der Waals surface area contributed by atoms with Crippen molar-refractivity contribution in [2.24, 2.45) is 45.3 Å². The molecule has 2 N–H and O–H groups in total. The monoisotopic (exact) mass is 623 g/mol. The Morgan fingerprint density at radius 1 is 0.870 bits per heavy atom. The van der Waals surface area contributed by atoms with Crippen molar-refractivity contribution in [1.29, 1.82) is 0 Å². The molecule has 3 saturated carbocycles. The average Bonchev–Trinajstić information content (AvgIpc) is 3.00. The smallest absolute Gasteiger partial charge is 0.202 e. The number of phenols is 1. The first-order chi connectivity index (χ1) is 21.6. The lowest BCUT2D eigenvalue weighted by Crippen LogP contribution is -2.51. The summed E-state index contributed by atoms with van der Waals surface area (Å²) in [7, 11) is 0. The number of anilines is 1. The van der Waals surface area contributed by atoms with E-state index in [4.69, 9.17) is 0 Å². The number of hydrogen-bond donors (Lipinski definition) is 2. The number of carbonyl (C=O) groups is 2. The van der Waals surface area contributed by atoms with Gasteiger partial charge < -0.3 is 10.4 Å². The number of hydrogen-bond acceptors (Lipinski definition) is 4. The van der Waals surface area contributed by atoms with Gasteiger partial charge in [-0.25, -0.2) is 0 Å². The lowest BCUT2D eigenvalue weighted by atomic mass is 9.46. The van der Waals surface area contributed by atoms with Crippen LogP contribution < -0.4 is 5.32 Å². The Kier molecular flexibility index (Phi) is 8.38. The third kappa shape index (κ3) is 5.27. The molecule has 6 rings (SSSR count). The zero-order valence-corrected chi connectivity index (χ0v) is 29.5. The van der Waals surface area contributed by atoms with Crippen LogP contribution in [0.1, 0.15) is 118 Å². The number of phenolic OH excluding ortho intramolecular Hbond substituents is 1. The number of allylic oxidation sites excluding steroid dienone is 6. The standard InChI is InChI=1S/C42H57NO3/c1-26-11-9-13-37-39(26,5)19-17-28(3)41(37,7)24-30-21-32(15-16-34(30)44)43-33-23-35(45)31(22-36(33)46)25-42(8)29(4)18-20-40(6)27(2)12-10-14-38(40)42/h12,15-16,21-23,28-29,37-38,43-44H,1,9-11,13-14,17-20,24-25H2,2-8H3/t28-,29-,37+,38+,39+,40+,41+,42+/m0/s1. The third-order valence-electron chi connectivity index (χ3n) is 14.8. The number of carbonyl (C=O) groups excluding carboxylic acids is 2. The largest absolute Gasteiger partial charge is 0.508 e. The zero-order valence-electron chi connectivity index (χ0n) is 29.5. The second-order valence-electron chi connectivity index (χ2n) is 17.1. The van der Waals surface area contributed by atoms with Crippen molar-refractivity contribution in [2.75, 3.05) is 5.32 Å². The van der Waals surface area contributed by atoms with Crippen molar-refractivity contribution in [3.8, 4) is 5.75 Å². The number of nitrogens with one attached hydrogen (secondary N) is 1. The Morgan fingerprint density at radius 2 is 1.52 bits per heavy atom. The van der Waals surface area contributed by atoms with Gasteiger partial charge in [-0.3, -0.25) is 9.59 Å². The van der Waals surface area contributed by atoms with Gasteiger partial charge in [0.15, 0.2) is 5.78 Å². The van der Waals surface area contributed by atoms with E-state index in [0.29, 0.717) is 41.4 Å². The van der Waals surface area contributed by atoms with E-state index in [9.17, 15) is 14.7 Å². The molecule has 0 amide bonds. The summed E-state index contributed by atoms with van der Waals surface area (Å²) in [5, 5.41) is 14.3. The first-order valence-corrected chi connectivity index (χ1v) is 18.1. The number of ketones is 2. The van der Waals surface area contributed by atoms with Crippen LogP contribution in [0.25, 0.3) is 0 Å². The van der Waals surface area contributed by atoms with Crippen molar-refractivity contribution in [1.82, 2.24) is 0 Å². The summed E-state index contributed by atoms with van der Waals surface area (Å²) in [4.78, 5) is 27.2. The van der Waals surface area contributed by atoms with Gasteiger partial charge in [-0.2, -0.15) is 0 Å². The zero-order chi connectivity index (χ0) is 33.2. The molecule has 5 aliphatic rings. The van der Waals surface area contributed by atoms with E-state index in [1.165, 1.54) is 42.9 Å². The highest BCUT2D eigenvalue weighted by atomic mass is 16.3. The molecule has 0 radical (unpaired) electrons. The van der Waals surface area contributed by atoms with Gasteiger partial charge in [-0.05, 0) is 153 Å². The van der Waals surface area contributed by atoms with Crippen LogP contribution >= 0.6 is 0 Å². The molecule has 0 unspecified atom stereocenters. The summed E-state index contributed by atoms with van der Waals surface area (Å²) in [6, 6.07) is 5.52. The van der Waals surface area contributed by atoms with E-state index in [1.807, 2.05) is 6.07 Å². The quantitative estimate of drug-likeness (QED) is 0.188. The molecule has 4 heteroatoms. The highest BCUT2D eigenvalue weighted by Gasteiger charge is 2.55. The predicted molar refractivity (Wildman–Crippen MR) is 188 cm³/mol. The fourth-order valence-corrected chi connectivity index (χ4v) is 11.1. The Bertz CT molecular complexity index is 1550. The molecule has 1 aromatic rings. The predicted octanol–water partition coefficient (Wildman–Crippen LogP) is 10.3. The molecular weight excluding hydrogens is 566 g/mol. The van der Waals surface area contributed by atoms with E-state index < -0.39 is 0 Å². The minimum absolute atomic E-state index is 0.0229. The van der Waals surface area contributed by atoms with Crippen molar-refractivity contribution in [3.05, 3.63) is 71.0 Å². The molecule has 5 aliphatic carbocycles. The second kappa shape index (κ2) is 11.7. The lowest BCUT2D eigenvalue weighted by molar-refractivity contribution is -0.116. The van der Waals surface area contributed by atoms with Crippen molar-refractivity contribution in [2.45, 2.75) is 119 Å². The normalized spacial score (nSPS) is 39.5. The molecule has 0 aromatic heterocycles. The van der Waals surface area contributed by atoms with Crippen LogP contribution in [0, 0.1) is 45.3 Å². The number of fused-ring (bicyclic) bond motifs is 2. The Morgan fingerprint density at radius 3 is 2.24 bits per heavy atom. The maximum atomic E-state index is 13.6. The van der Waals surface area contributed by atoms with Crippen LogP contribution in [0.2, 0.25) is 0 Å². The number of rotatable bonds is 6. The maximum Gasteiger partial charge on any atom is 0.202 e.